The summed E-state index contributed by atoms with van der Waals surface area (Å²) in [5.74, 6) is -0.331. The van der Waals surface area contributed by atoms with Crippen molar-refractivity contribution in [2.45, 2.75) is 217 Å². The standard InChI is InChI=1S/C43H79NO11S/c1-3-5-7-9-11-13-15-17-18-19-21-22-24-26-28-30-32-37(46)36(35-53-43-41(49)42(55-56(50,51)52)40(48)38(34-45)54-43)44-39(47)33-31-29-27-25-23-20-16-14-12-10-8-6-4-2/h20,23,27,29-30,32,36-38,40-43,45-46,48-49H,3-19,21-22,24-26,28,31,33-35H2,1-2H3,(H,44,47)(H,50,51,52)/b23-20-,29-27-,32-30+. The van der Waals surface area contributed by atoms with Crippen molar-refractivity contribution < 1.29 is 51.8 Å². The highest BCUT2D eigenvalue weighted by Crippen LogP contribution is 2.26. The van der Waals surface area contributed by atoms with E-state index in [2.05, 4.69) is 35.5 Å². The number of rotatable bonds is 36. The second kappa shape index (κ2) is 34.2. The Balaban J connectivity index is 2.61. The molecule has 0 bridgehead atoms. The Labute approximate surface area is 339 Å². The van der Waals surface area contributed by atoms with Crippen LogP contribution < -0.4 is 5.32 Å². The first kappa shape index (κ1) is 52.3. The topological polar surface area (TPSA) is 192 Å². The van der Waals surface area contributed by atoms with Crippen LogP contribution in [0.1, 0.15) is 174 Å². The highest BCUT2D eigenvalue weighted by Gasteiger charge is 2.48. The first-order valence-electron chi connectivity index (χ1n) is 21.9. The summed E-state index contributed by atoms with van der Waals surface area (Å²) in [4.78, 5) is 12.9. The number of allylic oxidation sites excluding steroid dienone is 5. The lowest BCUT2D eigenvalue weighted by Gasteiger charge is -2.41. The van der Waals surface area contributed by atoms with Crippen molar-refractivity contribution in [1.29, 1.82) is 0 Å². The number of amides is 1. The van der Waals surface area contributed by atoms with E-state index in [1.54, 1.807) is 6.08 Å². The molecule has 0 spiro atoms. The van der Waals surface area contributed by atoms with Gasteiger partial charge < -0.3 is 35.2 Å². The first-order valence-corrected chi connectivity index (χ1v) is 23.2. The molecule has 0 aliphatic carbocycles. The van der Waals surface area contributed by atoms with E-state index < -0.39 is 59.9 Å². The second-order valence-corrected chi connectivity index (χ2v) is 16.3. The van der Waals surface area contributed by atoms with Crippen LogP contribution in [0.4, 0.5) is 0 Å². The maximum Gasteiger partial charge on any atom is 0.397 e. The molecule has 328 valence electrons. The third-order valence-corrected chi connectivity index (χ3v) is 10.6. The number of carbonyl (C=O) groups is 1. The van der Waals surface area contributed by atoms with E-state index in [-0.39, 0.29) is 18.9 Å². The van der Waals surface area contributed by atoms with Crippen molar-refractivity contribution in [2.75, 3.05) is 13.2 Å². The van der Waals surface area contributed by atoms with Gasteiger partial charge in [0.1, 0.15) is 24.4 Å². The lowest BCUT2D eigenvalue weighted by atomic mass is 9.99. The van der Waals surface area contributed by atoms with E-state index in [1.165, 1.54) is 116 Å². The molecule has 7 unspecified atom stereocenters. The molecular formula is C43H79NO11S. The van der Waals surface area contributed by atoms with Crippen LogP contribution in [-0.4, -0.2) is 95.4 Å². The molecule has 1 amide bonds. The van der Waals surface area contributed by atoms with Crippen molar-refractivity contribution in [1.82, 2.24) is 5.32 Å². The van der Waals surface area contributed by atoms with Gasteiger partial charge in [-0.3, -0.25) is 9.35 Å². The summed E-state index contributed by atoms with van der Waals surface area (Å²) in [7, 11) is -5.09. The molecular weight excluding hydrogens is 739 g/mol. The number of unbranched alkanes of at least 4 members (excludes halogenated alkanes) is 20. The van der Waals surface area contributed by atoms with Crippen molar-refractivity contribution >= 4 is 16.3 Å². The average Bonchev–Trinajstić information content (AvgIpc) is 3.16. The van der Waals surface area contributed by atoms with Gasteiger partial charge >= 0.3 is 10.4 Å². The Kier molecular flexibility index (Phi) is 32.0. The van der Waals surface area contributed by atoms with E-state index in [4.69, 9.17) is 14.0 Å². The molecule has 0 saturated carbocycles. The van der Waals surface area contributed by atoms with Crippen molar-refractivity contribution in [2.24, 2.45) is 0 Å². The van der Waals surface area contributed by atoms with Crippen LogP contribution in [-0.2, 0) is 28.9 Å². The van der Waals surface area contributed by atoms with E-state index in [0.29, 0.717) is 6.42 Å². The van der Waals surface area contributed by atoms with Crippen LogP contribution in [0.3, 0.4) is 0 Å². The smallest absolute Gasteiger partial charge is 0.394 e. The molecule has 6 N–H and O–H groups in total. The number of aliphatic hydroxyl groups excluding tert-OH is 4. The predicted octanol–water partition coefficient (Wildman–Crippen LogP) is 7.94. The van der Waals surface area contributed by atoms with Crippen LogP contribution in [0.15, 0.2) is 36.5 Å². The largest absolute Gasteiger partial charge is 0.397 e. The monoisotopic (exact) mass is 818 g/mol. The molecule has 1 saturated heterocycles. The summed E-state index contributed by atoms with van der Waals surface area (Å²) in [5.41, 5.74) is 0. The molecule has 0 aromatic carbocycles. The Morgan fingerprint density at radius 1 is 0.714 bits per heavy atom. The van der Waals surface area contributed by atoms with E-state index >= 15 is 0 Å². The number of nitrogens with one attached hydrogen (secondary N) is 1. The summed E-state index contributed by atoms with van der Waals surface area (Å²) in [6, 6.07) is -0.972. The molecule has 0 radical (unpaired) electrons. The molecule has 1 fully saturated rings. The molecule has 1 aliphatic rings. The molecule has 12 nitrogen and oxygen atoms in total. The van der Waals surface area contributed by atoms with Crippen LogP contribution >= 0.6 is 0 Å². The molecule has 13 heteroatoms. The highest BCUT2D eigenvalue weighted by atomic mass is 32.3. The van der Waals surface area contributed by atoms with Gasteiger partial charge in [-0.05, 0) is 38.5 Å². The third kappa shape index (κ3) is 27.1. The highest BCUT2D eigenvalue weighted by molar-refractivity contribution is 7.80. The zero-order chi connectivity index (χ0) is 41.3. The van der Waals surface area contributed by atoms with Gasteiger partial charge in [-0.1, -0.05) is 166 Å². The number of carbonyl (C=O) groups excluding carboxylic acids is 1. The molecule has 0 aromatic heterocycles. The minimum Gasteiger partial charge on any atom is -0.394 e. The van der Waals surface area contributed by atoms with Crippen molar-refractivity contribution in [3.63, 3.8) is 0 Å². The van der Waals surface area contributed by atoms with Gasteiger partial charge in [0.05, 0.1) is 25.4 Å². The van der Waals surface area contributed by atoms with E-state index in [1.807, 2.05) is 18.2 Å². The van der Waals surface area contributed by atoms with Gasteiger partial charge in [-0.25, -0.2) is 4.18 Å². The Hall–Kier alpha value is -1.68. The van der Waals surface area contributed by atoms with Gasteiger partial charge in [0.15, 0.2) is 6.29 Å². The second-order valence-electron chi connectivity index (χ2n) is 15.3. The number of hydrogen-bond acceptors (Lipinski definition) is 10. The van der Waals surface area contributed by atoms with Crippen molar-refractivity contribution in [3.05, 3.63) is 36.5 Å². The summed E-state index contributed by atoms with van der Waals surface area (Å²) < 4.78 is 47.4. The van der Waals surface area contributed by atoms with Crippen molar-refractivity contribution in [3.8, 4) is 0 Å². The minimum absolute atomic E-state index is 0.162. The SMILES string of the molecule is CCCCCCCC/C=C\C/C=C\CCC(=O)NC(COC1OC(CO)C(O)C(OS(=O)(=O)O)C1O)C(O)/C=C/CCCCCCCCCCCCCCCC. The third-order valence-electron chi connectivity index (χ3n) is 10.2. The maximum atomic E-state index is 12.9. The van der Waals surface area contributed by atoms with Gasteiger partial charge in [0.25, 0.3) is 0 Å². The number of ether oxygens (including phenoxy) is 2. The zero-order valence-corrected chi connectivity index (χ0v) is 35.5. The van der Waals surface area contributed by atoms with Gasteiger partial charge in [0.2, 0.25) is 5.91 Å². The quantitative estimate of drug-likeness (QED) is 0.0204. The molecule has 1 rings (SSSR count). The molecule has 7 atom stereocenters. The summed E-state index contributed by atoms with van der Waals surface area (Å²) in [5, 5.41) is 44.5. The van der Waals surface area contributed by atoms with Gasteiger partial charge in [0, 0.05) is 6.42 Å². The summed E-state index contributed by atoms with van der Waals surface area (Å²) >= 11 is 0. The Morgan fingerprint density at radius 3 is 1.70 bits per heavy atom. The number of hydrogen-bond donors (Lipinski definition) is 6. The van der Waals surface area contributed by atoms with E-state index in [9.17, 15) is 33.6 Å². The average molecular weight is 818 g/mol. The normalized spacial score (nSPS) is 21.7. The molecule has 56 heavy (non-hydrogen) atoms. The van der Waals surface area contributed by atoms with Gasteiger partial charge in [-0.2, -0.15) is 8.42 Å². The molecule has 0 aromatic rings. The van der Waals surface area contributed by atoms with Crippen LogP contribution in [0.25, 0.3) is 0 Å². The van der Waals surface area contributed by atoms with Crippen LogP contribution in [0.2, 0.25) is 0 Å². The molecule has 1 heterocycles. The van der Waals surface area contributed by atoms with Gasteiger partial charge in [-0.15, -0.1) is 0 Å². The number of aliphatic hydroxyl groups is 4. The first-order chi connectivity index (χ1) is 27.0. The van der Waals surface area contributed by atoms with E-state index in [0.717, 1.165) is 32.1 Å². The zero-order valence-electron chi connectivity index (χ0n) is 34.7. The fraction of sp³-hybridized carbons (Fsp3) is 0.837. The maximum absolute atomic E-state index is 12.9. The van der Waals surface area contributed by atoms with Crippen LogP contribution in [0, 0.1) is 0 Å². The van der Waals surface area contributed by atoms with Crippen LogP contribution in [0.5, 0.6) is 0 Å². The Morgan fingerprint density at radius 2 is 1.20 bits per heavy atom. The lowest BCUT2D eigenvalue weighted by molar-refractivity contribution is -0.298. The molecule has 1 aliphatic heterocycles. The fourth-order valence-corrected chi connectivity index (χ4v) is 7.25. The fourth-order valence-electron chi connectivity index (χ4n) is 6.74. The lowest BCUT2D eigenvalue weighted by Crippen LogP contribution is -2.61. The minimum atomic E-state index is -5.09. The summed E-state index contributed by atoms with van der Waals surface area (Å²) in [6.45, 7) is 3.32. The summed E-state index contributed by atoms with van der Waals surface area (Å²) in [6.07, 6.45) is 30.6. The predicted molar refractivity (Wildman–Crippen MR) is 222 cm³/mol. The Bertz CT molecular complexity index is 1150.